The van der Waals surface area contributed by atoms with Crippen molar-refractivity contribution in [2.45, 2.75) is 24.3 Å². The first-order valence-electron chi connectivity index (χ1n) is 8.59. The quantitative estimate of drug-likeness (QED) is 0.684. The lowest BCUT2D eigenvalue weighted by Crippen LogP contribution is -2.32. The van der Waals surface area contributed by atoms with Crippen LogP contribution in [0.3, 0.4) is 0 Å². The number of fused-ring (bicyclic) bond motifs is 1. The van der Waals surface area contributed by atoms with Crippen molar-refractivity contribution in [3.8, 4) is 0 Å². The normalized spacial score (nSPS) is 18.4. The first-order chi connectivity index (χ1) is 12.8. The summed E-state index contributed by atoms with van der Waals surface area (Å²) in [4.78, 5) is 17.0. The molecule has 3 aromatic rings. The van der Waals surface area contributed by atoms with Crippen molar-refractivity contribution in [3.05, 3.63) is 58.4 Å². The molecule has 27 heavy (non-hydrogen) atoms. The first-order valence-corrected chi connectivity index (χ1v) is 10.0. The van der Waals surface area contributed by atoms with Crippen molar-refractivity contribution < 1.29 is 12.8 Å². The van der Waals surface area contributed by atoms with Crippen LogP contribution in [0.2, 0.25) is 0 Å². The summed E-state index contributed by atoms with van der Waals surface area (Å²) in [7, 11) is -2.08. The fourth-order valence-electron chi connectivity index (χ4n) is 3.59. The van der Waals surface area contributed by atoms with Gasteiger partial charge in [0.2, 0.25) is 10.0 Å². The largest absolute Gasteiger partial charge is 0.330 e. The molecular weight excluding hydrogens is 371 g/mol. The molecule has 2 aromatic heterocycles. The third kappa shape index (κ3) is 2.78. The summed E-state index contributed by atoms with van der Waals surface area (Å²) in [5, 5.41) is 0. The summed E-state index contributed by atoms with van der Waals surface area (Å²) < 4.78 is 43.8. The molecule has 9 heteroatoms. The van der Waals surface area contributed by atoms with E-state index in [4.69, 9.17) is 0 Å². The third-order valence-electron chi connectivity index (χ3n) is 5.11. The summed E-state index contributed by atoms with van der Waals surface area (Å²) in [6, 6.07) is 7.04. The highest BCUT2D eigenvalue weighted by atomic mass is 32.2. The predicted octanol–water partition coefficient (Wildman–Crippen LogP) is 1.82. The number of benzene rings is 1. The summed E-state index contributed by atoms with van der Waals surface area (Å²) in [6.45, 7) is 2.00. The number of imidazole rings is 1. The van der Waals surface area contributed by atoms with Crippen molar-refractivity contribution in [2.24, 2.45) is 7.05 Å². The zero-order chi connectivity index (χ0) is 19.3. The molecule has 1 aliphatic rings. The molecule has 142 valence electrons. The Kier molecular flexibility index (Phi) is 4.15. The Labute approximate surface area is 155 Å². The van der Waals surface area contributed by atoms with E-state index in [9.17, 15) is 17.6 Å². The highest BCUT2D eigenvalue weighted by Gasteiger charge is 2.35. The van der Waals surface area contributed by atoms with Crippen LogP contribution in [-0.4, -0.2) is 39.9 Å². The SMILES string of the molecule is Cc1cc(S(=O)(=O)N2CC[C@H](n3c(=O)n(C)c4cccnc43)C2)ccc1F. The van der Waals surface area contributed by atoms with Gasteiger partial charge in [0.05, 0.1) is 16.5 Å². The number of hydrogen-bond donors (Lipinski definition) is 0. The van der Waals surface area contributed by atoms with Gasteiger partial charge in [-0.2, -0.15) is 4.31 Å². The standard InChI is InChI=1S/C18H19FN4O3S/c1-12-10-14(5-6-15(12)19)27(25,26)22-9-7-13(11-22)23-17-16(4-3-8-20-17)21(2)18(23)24/h3-6,8,10,13H,7,9,11H2,1-2H3/t13-/m0/s1. The molecule has 1 atom stereocenters. The van der Waals surface area contributed by atoms with Crippen LogP contribution in [0, 0.1) is 12.7 Å². The maximum Gasteiger partial charge on any atom is 0.330 e. The van der Waals surface area contributed by atoms with Crippen LogP contribution in [-0.2, 0) is 17.1 Å². The van der Waals surface area contributed by atoms with Crippen LogP contribution in [0.25, 0.3) is 11.2 Å². The molecule has 1 aromatic carbocycles. The van der Waals surface area contributed by atoms with Gasteiger partial charge in [0.15, 0.2) is 5.65 Å². The maximum absolute atomic E-state index is 13.5. The molecule has 1 fully saturated rings. The fourth-order valence-corrected chi connectivity index (χ4v) is 5.16. The van der Waals surface area contributed by atoms with Gasteiger partial charge < -0.3 is 0 Å². The molecule has 3 heterocycles. The lowest BCUT2D eigenvalue weighted by atomic mass is 10.2. The molecule has 0 saturated carbocycles. The lowest BCUT2D eigenvalue weighted by molar-refractivity contribution is 0.449. The Morgan fingerprint density at radius 3 is 2.78 bits per heavy atom. The molecule has 4 rings (SSSR count). The van der Waals surface area contributed by atoms with E-state index in [-0.39, 0.29) is 28.7 Å². The van der Waals surface area contributed by atoms with Gasteiger partial charge in [-0.15, -0.1) is 0 Å². The average molecular weight is 390 g/mol. The molecule has 0 unspecified atom stereocenters. The first kappa shape index (κ1) is 17.9. The van der Waals surface area contributed by atoms with E-state index >= 15 is 0 Å². The number of sulfonamides is 1. The molecule has 0 spiro atoms. The molecule has 1 saturated heterocycles. The van der Waals surface area contributed by atoms with Gasteiger partial charge in [-0.3, -0.25) is 9.13 Å². The van der Waals surface area contributed by atoms with Crippen molar-refractivity contribution in [1.29, 1.82) is 0 Å². The molecule has 0 amide bonds. The smallest absolute Gasteiger partial charge is 0.293 e. The Bertz CT molecular complexity index is 1200. The van der Waals surface area contributed by atoms with Gasteiger partial charge in [0.1, 0.15) is 5.82 Å². The van der Waals surface area contributed by atoms with Gasteiger partial charge in [-0.05, 0) is 49.2 Å². The molecule has 1 aliphatic heterocycles. The topological polar surface area (TPSA) is 77.2 Å². The zero-order valence-electron chi connectivity index (χ0n) is 15.0. The number of aryl methyl sites for hydroxylation is 2. The van der Waals surface area contributed by atoms with Crippen LogP contribution < -0.4 is 5.69 Å². The van der Waals surface area contributed by atoms with Crippen LogP contribution in [0.5, 0.6) is 0 Å². The number of halogens is 1. The number of nitrogens with zero attached hydrogens (tertiary/aromatic N) is 4. The van der Waals surface area contributed by atoms with E-state index in [0.29, 0.717) is 24.1 Å². The minimum atomic E-state index is -3.75. The van der Waals surface area contributed by atoms with E-state index in [1.807, 2.05) is 6.07 Å². The van der Waals surface area contributed by atoms with Crippen LogP contribution in [0.1, 0.15) is 18.0 Å². The lowest BCUT2D eigenvalue weighted by Gasteiger charge is -2.17. The Balaban J connectivity index is 1.69. The van der Waals surface area contributed by atoms with Crippen molar-refractivity contribution in [1.82, 2.24) is 18.4 Å². The van der Waals surface area contributed by atoms with Gasteiger partial charge in [-0.25, -0.2) is 22.6 Å². The monoisotopic (exact) mass is 390 g/mol. The molecule has 0 N–H and O–H groups in total. The summed E-state index contributed by atoms with van der Waals surface area (Å²) in [6.07, 6.45) is 2.12. The Morgan fingerprint density at radius 2 is 2.04 bits per heavy atom. The number of hydrogen-bond acceptors (Lipinski definition) is 4. The van der Waals surface area contributed by atoms with Gasteiger partial charge in [-0.1, -0.05) is 0 Å². The second kappa shape index (κ2) is 6.28. The van der Waals surface area contributed by atoms with Crippen molar-refractivity contribution in [3.63, 3.8) is 0 Å². The van der Waals surface area contributed by atoms with Gasteiger partial charge >= 0.3 is 5.69 Å². The average Bonchev–Trinajstić information content (AvgIpc) is 3.22. The minimum Gasteiger partial charge on any atom is -0.293 e. The third-order valence-corrected chi connectivity index (χ3v) is 6.97. The summed E-state index contributed by atoms with van der Waals surface area (Å²) in [5.41, 5.74) is 1.32. The fraction of sp³-hybridized carbons (Fsp3) is 0.333. The van der Waals surface area contributed by atoms with Crippen molar-refractivity contribution in [2.75, 3.05) is 13.1 Å². The van der Waals surface area contributed by atoms with E-state index in [1.165, 1.54) is 27.9 Å². The highest BCUT2D eigenvalue weighted by molar-refractivity contribution is 7.89. The highest BCUT2D eigenvalue weighted by Crippen LogP contribution is 2.29. The number of pyridine rings is 1. The van der Waals surface area contributed by atoms with E-state index in [1.54, 1.807) is 23.9 Å². The summed E-state index contributed by atoms with van der Waals surface area (Å²) in [5.74, 6) is -0.443. The van der Waals surface area contributed by atoms with Gasteiger partial charge in [0, 0.05) is 26.3 Å². The van der Waals surface area contributed by atoms with Crippen LogP contribution >= 0.6 is 0 Å². The summed E-state index contributed by atoms with van der Waals surface area (Å²) >= 11 is 0. The minimum absolute atomic E-state index is 0.0606. The molecule has 0 aliphatic carbocycles. The number of rotatable bonds is 3. The van der Waals surface area contributed by atoms with Gasteiger partial charge in [0.25, 0.3) is 0 Å². The molecule has 7 nitrogen and oxygen atoms in total. The van der Waals surface area contributed by atoms with E-state index < -0.39 is 15.8 Å². The van der Waals surface area contributed by atoms with E-state index in [2.05, 4.69) is 4.98 Å². The van der Waals surface area contributed by atoms with E-state index in [0.717, 1.165) is 6.07 Å². The van der Waals surface area contributed by atoms with Crippen LogP contribution in [0.4, 0.5) is 4.39 Å². The van der Waals surface area contributed by atoms with Crippen LogP contribution in [0.15, 0.2) is 46.2 Å². The molecule has 0 radical (unpaired) electrons. The molecular formula is C18H19FN4O3S. The second-order valence-corrected chi connectivity index (χ2v) is 8.71. The zero-order valence-corrected chi connectivity index (χ0v) is 15.8. The predicted molar refractivity (Wildman–Crippen MR) is 98.5 cm³/mol. The van der Waals surface area contributed by atoms with Crippen molar-refractivity contribution >= 4 is 21.2 Å². The Morgan fingerprint density at radius 1 is 1.26 bits per heavy atom. The maximum atomic E-state index is 13.5. The second-order valence-electron chi connectivity index (χ2n) is 6.77. The Hall–Kier alpha value is -2.52. The number of aromatic nitrogens is 3. The molecule has 0 bridgehead atoms.